The first-order valence-electron chi connectivity index (χ1n) is 11.9. The first kappa shape index (κ1) is 31.7. The highest BCUT2D eigenvalue weighted by atomic mass is 35.5. The van der Waals surface area contributed by atoms with Gasteiger partial charge in [0.15, 0.2) is 0 Å². The molecular weight excluding hydrogens is 566 g/mol. The standard InChI is InChI=1S/C25H30Cl2F3N3O4S/c1-4-22(24(35)31-5-2)32(16-19-20(26)11-7-12-21(19)27)23(34)13-8-14-33(38(3,36)37)18-10-6-9-17(15-18)25(28,29)30/h6-7,9-12,15,22H,4-5,8,13-14,16H2,1-3H3,(H,31,35)/t22-/m0/s1. The number of halogens is 5. The van der Waals surface area contributed by atoms with Crippen LogP contribution < -0.4 is 9.62 Å². The van der Waals surface area contributed by atoms with Crippen molar-refractivity contribution in [3.8, 4) is 0 Å². The highest BCUT2D eigenvalue weighted by Gasteiger charge is 2.32. The number of carbonyl (C=O) groups is 2. The Bertz CT molecular complexity index is 1220. The fraction of sp³-hybridized carbons (Fsp3) is 0.440. The van der Waals surface area contributed by atoms with Crippen molar-refractivity contribution in [3.05, 3.63) is 63.6 Å². The molecule has 1 atom stereocenters. The molecule has 0 unspecified atom stereocenters. The first-order chi connectivity index (χ1) is 17.7. The number of nitrogens with zero attached hydrogens (tertiary/aromatic N) is 2. The topological polar surface area (TPSA) is 86.8 Å². The number of nitrogens with one attached hydrogen (secondary N) is 1. The van der Waals surface area contributed by atoms with Gasteiger partial charge in [-0.1, -0.05) is 42.3 Å². The second-order valence-electron chi connectivity index (χ2n) is 8.53. The van der Waals surface area contributed by atoms with E-state index in [0.717, 1.165) is 28.8 Å². The molecule has 0 aliphatic rings. The molecule has 2 aromatic carbocycles. The molecule has 2 amide bonds. The first-order valence-corrected chi connectivity index (χ1v) is 14.5. The molecule has 0 saturated carbocycles. The van der Waals surface area contributed by atoms with Crippen LogP contribution in [0.3, 0.4) is 0 Å². The Balaban J connectivity index is 2.29. The number of hydrogen-bond acceptors (Lipinski definition) is 4. The molecule has 0 bridgehead atoms. The van der Waals surface area contributed by atoms with E-state index >= 15 is 0 Å². The van der Waals surface area contributed by atoms with Crippen LogP contribution in [0.1, 0.15) is 44.2 Å². The maximum Gasteiger partial charge on any atom is 0.416 e. The predicted molar refractivity (Wildman–Crippen MR) is 143 cm³/mol. The van der Waals surface area contributed by atoms with E-state index in [1.165, 1.54) is 11.0 Å². The minimum absolute atomic E-state index is 0.0132. The van der Waals surface area contributed by atoms with E-state index in [1.54, 1.807) is 32.0 Å². The zero-order valence-corrected chi connectivity index (χ0v) is 23.5. The largest absolute Gasteiger partial charge is 0.416 e. The van der Waals surface area contributed by atoms with Gasteiger partial charge in [0.05, 0.1) is 17.5 Å². The summed E-state index contributed by atoms with van der Waals surface area (Å²) in [6.07, 6.45) is -3.67. The number of alkyl halides is 3. The molecule has 1 N–H and O–H groups in total. The third kappa shape index (κ3) is 8.51. The van der Waals surface area contributed by atoms with Crippen LogP contribution >= 0.6 is 23.2 Å². The maximum absolute atomic E-state index is 13.4. The molecule has 7 nitrogen and oxygen atoms in total. The molecule has 0 fully saturated rings. The lowest BCUT2D eigenvalue weighted by Gasteiger charge is -2.31. The van der Waals surface area contributed by atoms with Crippen LogP contribution in [-0.2, 0) is 32.3 Å². The van der Waals surface area contributed by atoms with E-state index in [1.807, 2.05) is 0 Å². The lowest BCUT2D eigenvalue weighted by Crippen LogP contribution is -2.49. The van der Waals surface area contributed by atoms with Gasteiger partial charge in [0.2, 0.25) is 21.8 Å². The monoisotopic (exact) mass is 595 g/mol. The average molecular weight is 596 g/mol. The summed E-state index contributed by atoms with van der Waals surface area (Å²) in [5.41, 5.74) is -0.702. The van der Waals surface area contributed by atoms with Gasteiger partial charge in [0.1, 0.15) is 6.04 Å². The van der Waals surface area contributed by atoms with Gasteiger partial charge in [-0.3, -0.25) is 13.9 Å². The van der Waals surface area contributed by atoms with E-state index < -0.39 is 33.7 Å². The molecule has 210 valence electrons. The Morgan fingerprint density at radius 2 is 1.66 bits per heavy atom. The van der Waals surface area contributed by atoms with Gasteiger partial charge in [0.25, 0.3) is 0 Å². The van der Waals surface area contributed by atoms with Crippen molar-refractivity contribution in [2.24, 2.45) is 0 Å². The summed E-state index contributed by atoms with van der Waals surface area (Å²) in [6, 6.07) is 7.99. The summed E-state index contributed by atoms with van der Waals surface area (Å²) in [5.74, 6) is -0.829. The number of benzene rings is 2. The van der Waals surface area contributed by atoms with Crippen LogP contribution in [0.25, 0.3) is 0 Å². The summed E-state index contributed by atoms with van der Waals surface area (Å²) < 4.78 is 65.1. The number of rotatable bonds is 12. The highest BCUT2D eigenvalue weighted by Crippen LogP contribution is 2.32. The lowest BCUT2D eigenvalue weighted by atomic mass is 10.1. The Kier molecular flexibility index (Phi) is 11.3. The SMILES string of the molecule is CCNC(=O)[C@H](CC)N(Cc1c(Cl)cccc1Cl)C(=O)CCCN(c1cccc(C(F)(F)F)c1)S(C)(=O)=O. The third-order valence-electron chi connectivity index (χ3n) is 5.74. The third-order valence-corrected chi connectivity index (χ3v) is 7.64. The van der Waals surface area contributed by atoms with Crippen LogP contribution in [0.5, 0.6) is 0 Å². The molecule has 38 heavy (non-hydrogen) atoms. The molecule has 0 radical (unpaired) electrons. The predicted octanol–water partition coefficient (Wildman–Crippen LogP) is 5.50. The molecule has 2 rings (SSSR count). The molecular formula is C25H30Cl2F3N3O4S. The van der Waals surface area contributed by atoms with Crippen LogP contribution in [0.2, 0.25) is 10.0 Å². The molecule has 0 spiro atoms. The number of sulfonamides is 1. The lowest BCUT2D eigenvalue weighted by molar-refractivity contribution is -0.141. The minimum Gasteiger partial charge on any atom is -0.355 e. The summed E-state index contributed by atoms with van der Waals surface area (Å²) in [4.78, 5) is 27.5. The fourth-order valence-corrected chi connectivity index (χ4v) is 5.38. The highest BCUT2D eigenvalue weighted by molar-refractivity contribution is 7.92. The van der Waals surface area contributed by atoms with Crippen LogP contribution in [0.4, 0.5) is 18.9 Å². The van der Waals surface area contributed by atoms with E-state index in [2.05, 4.69) is 5.32 Å². The molecule has 0 aliphatic heterocycles. The molecule has 0 aromatic heterocycles. The Morgan fingerprint density at radius 1 is 1.05 bits per heavy atom. The maximum atomic E-state index is 13.4. The number of amides is 2. The van der Waals surface area contributed by atoms with Crippen LogP contribution in [0, 0.1) is 0 Å². The minimum atomic E-state index is -4.65. The molecule has 2 aromatic rings. The zero-order chi connectivity index (χ0) is 28.7. The Hall–Kier alpha value is -2.50. The zero-order valence-electron chi connectivity index (χ0n) is 21.2. The molecule has 0 saturated heterocycles. The van der Waals surface area contributed by atoms with Gasteiger partial charge in [-0.25, -0.2) is 8.42 Å². The van der Waals surface area contributed by atoms with Gasteiger partial charge in [-0.15, -0.1) is 0 Å². The molecule has 0 aliphatic carbocycles. The molecule has 0 heterocycles. The second-order valence-corrected chi connectivity index (χ2v) is 11.2. The van der Waals surface area contributed by atoms with E-state index in [0.29, 0.717) is 28.6 Å². The van der Waals surface area contributed by atoms with Crippen molar-refractivity contribution in [3.63, 3.8) is 0 Å². The normalized spacial score (nSPS) is 12.6. The average Bonchev–Trinajstić information content (AvgIpc) is 2.82. The number of likely N-dealkylation sites (N-methyl/N-ethyl adjacent to an activating group) is 1. The van der Waals surface area contributed by atoms with Crippen molar-refractivity contribution in [1.82, 2.24) is 10.2 Å². The van der Waals surface area contributed by atoms with Crippen molar-refractivity contribution in [1.29, 1.82) is 0 Å². The summed E-state index contributed by atoms with van der Waals surface area (Å²) in [5, 5.41) is 3.33. The number of anilines is 1. The fourth-order valence-electron chi connectivity index (χ4n) is 3.91. The van der Waals surface area contributed by atoms with Gasteiger partial charge in [-0.05, 0) is 50.1 Å². The van der Waals surface area contributed by atoms with Gasteiger partial charge in [-0.2, -0.15) is 13.2 Å². The van der Waals surface area contributed by atoms with Gasteiger partial charge < -0.3 is 10.2 Å². The smallest absolute Gasteiger partial charge is 0.355 e. The van der Waals surface area contributed by atoms with Crippen molar-refractivity contribution < 1.29 is 31.2 Å². The summed E-state index contributed by atoms with van der Waals surface area (Å²) >= 11 is 12.6. The summed E-state index contributed by atoms with van der Waals surface area (Å²) in [7, 11) is -3.96. The summed E-state index contributed by atoms with van der Waals surface area (Å²) in [6.45, 7) is 3.54. The number of hydrogen-bond donors (Lipinski definition) is 1. The van der Waals surface area contributed by atoms with Crippen LogP contribution in [0.15, 0.2) is 42.5 Å². The molecule has 13 heteroatoms. The second kappa shape index (κ2) is 13.5. The van der Waals surface area contributed by atoms with E-state index in [4.69, 9.17) is 23.2 Å². The van der Waals surface area contributed by atoms with E-state index in [9.17, 15) is 31.2 Å². The number of carbonyl (C=O) groups excluding carboxylic acids is 2. The van der Waals surface area contributed by atoms with Gasteiger partial charge in [0, 0.05) is 41.7 Å². The van der Waals surface area contributed by atoms with Crippen molar-refractivity contribution in [2.75, 3.05) is 23.7 Å². The Morgan fingerprint density at radius 3 is 2.18 bits per heavy atom. The quantitative estimate of drug-likeness (QED) is 0.351. The van der Waals surface area contributed by atoms with Crippen molar-refractivity contribution in [2.45, 2.75) is 51.9 Å². The van der Waals surface area contributed by atoms with E-state index in [-0.39, 0.29) is 37.5 Å². The van der Waals surface area contributed by atoms with Crippen LogP contribution in [-0.4, -0.2) is 50.5 Å². The van der Waals surface area contributed by atoms with Crippen molar-refractivity contribution >= 4 is 50.7 Å². The van der Waals surface area contributed by atoms with Gasteiger partial charge >= 0.3 is 6.18 Å². The Labute approximate surface area is 230 Å².